The van der Waals surface area contributed by atoms with Gasteiger partial charge in [0.15, 0.2) is 0 Å². The van der Waals surface area contributed by atoms with Crippen molar-refractivity contribution in [2.45, 2.75) is 63.6 Å². The van der Waals surface area contributed by atoms with Gasteiger partial charge in [0.2, 0.25) is 11.8 Å². The summed E-state index contributed by atoms with van der Waals surface area (Å²) >= 11 is 0. The minimum Gasteiger partial charge on any atom is -0.481 e. The van der Waals surface area contributed by atoms with Gasteiger partial charge in [-0.3, -0.25) is 4.79 Å². The molecule has 1 saturated heterocycles. The Morgan fingerprint density at radius 2 is 2.19 bits per heavy atom. The normalized spacial score (nSPS) is 19.2. The number of carbonyl (C=O) groups excluding carboxylic acids is 1. The molecular weight excluding hydrogens is 408 g/mol. The van der Waals surface area contributed by atoms with E-state index in [4.69, 9.17) is 14.5 Å². The van der Waals surface area contributed by atoms with Crippen molar-refractivity contribution in [3.63, 3.8) is 0 Å². The third-order valence-corrected chi connectivity index (χ3v) is 7.25. The maximum Gasteiger partial charge on any atom is 0.222 e. The zero-order chi connectivity index (χ0) is 22.5. The molecule has 0 spiro atoms. The van der Waals surface area contributed by atoms with Crippen molar-refractivity contribution in [1.29, 1.82) is 0 Å². The lowest BCUT2D eigenvalue weighted by Crippen LogP contribution is -2.50. The molecule has 7 nitrogen and oxygen atoms in total. The van der Waals surface area contributed by atoms with Gasteiger partial charge >= 0.3 is 0 Å². The Labute approximate surface area is 185 Å². The highest BCUT2D eigenvalue weighted by atomic mass is 28.3. The number of piperidine rings is 1. The van der Waals surface area contributed by atoms with E-state index in [1.165, 1.54) is 0 Å². The van der Waals surface area contributed by atoms with E-state index in [0.717, 1.165) is 36.0 Å². The van der Waals surface area contributed by atoms with Crippen LogP contribution in [0.3, 0.4) is 0 Å². The topological polar surface area (TPSA) is 78.3 Å². The molecule has 3 heterocycles. The van der Waals surface area contributed by atoms with Crippen LogP contribution in [-0.4, -0.2) is 42.2 Å². The molecule has 1 atom stereocenters. The number of aromatic nitrogens is 3. The number of amides is 1. The van der Waals surface area contributed by atoms with Crippen molar-refractivity contribution in [3.05, 3.63) is 43.0 Å². The molecule has 8 heteroatoms. The molecule has 2 aromatic rings. The second-order valence-corrected chi connectivity index (χ2v) is 14.9. The monoisotopic (exact) mass is 442 g/mol. The van der Waals surface area contributed by atoms with Crippen LogP contribution in [0, 0.1) is 0 Å². The minimum atomic E-state index is -1.18. The average Bonchev–Trinajstić information content (AvgIpc) is 3.15. The Hall–Kier alpha value is -2.45. The van der Waals surface area contributed by atoms with E-state index in [1.54, 1.807) is 13.3 Å². The van der Waals surface area contributed by atoms with Gasteiger partial charge in [0.05, 0.1) is 18.4 Å². The minimum absolute atomic E-state index is 0.0443. The third-order valence-electron chi connectivity index (χ3n) is 5.55. The van der Waals surface area contributed by atoms with Crippen molar-refractivity contribution in [3.8, 4) is 17.1 Å². The van der Waals surface area contributed by atoms with Crippen LogP contribution in [0.4, 0.5) is 0 Å². The smallest absolute Gasteiger partial charge is 0.222 e. The largest absolute Gasteiger partial charge is 0.481 e. The fourth-order valence-electron chi connectivity index (χ4n) is 3.92. The quantitative estimate of drug-likeness (QED) is 0.336. The molecule has 1 amide bonds. The first-order chi connectivity index (χ1) is 14.8. The van der Waals surface area contributed by atoms with E-state index in [1.807, 2.05) is 29.0 Å². The molecule has 0 bridgehead atoms. The van der Waals surface area contributed by atoms with Crippen molar-refractivity contribution < 1.29 is 14.3 Å². The number of ether oxygens (including phenoxy) is 2. The number of hydrogen-bond donors (Lipinski definition) is 1. The summed E-state index contributed by atoms with van der Waals surface area (Å²) in [5.41, 5.74) is 0.965. The first kappa shape index (κ1) is 23.2. The van der Waals surface area contributed by atoms with Crippen LogP contribution in [0.25, 0.3) is 11.3 Å². The number of hydrogen-bond acceptors (Lipinski definition) is 5. The molecule has 0 unspecified atom stereocenters. The van der Waals surface area contributed by atoms with Crippen molar-refractivity contribution in [1.82, 2.24) is 19.9 Å². The van der Waals surface area contributed by atoms with Crippen molar-refractivity contribution >= 4 is 14.0 Å². The zero-order valence-electron chi connectivity index (χ0n) is 19.1. The van der Waals surface area contributed by atoms with E-state index in [9.17, 15) is 4.79 Å². The van der Waals surface area contributed by atoms with E-state index in [-0.39, 0.29) is 5.91 Å². The molecule has 1 aliphatic rings. The van der Waals surface area contributed by atoms with Crippen LogP contribution < -0.4 is 10.1 Å². The second-order valence-electron chi connectivity index (χ2n) is 9.30. The molecule has 31 heavy (non-hydrogen) atoms. The molecule has 0 aliphatic carbocycles. The van der Waals surface area contributed by atoms with Crippen molar-refractivity contribution in [2.24, 2.45) is 0 Å². The highest BCUT2D eigenvalue weighted by Gasteiger charge is 2.40. The summed E-state index contributed by atoms with van der Waals surface area (Å²) in [7, 11) is 0.418. The number of pyridine rings is 1. The van der Waals surface area contributed by atoms with Gasteiger partial charge in [-0.05, 0) is 37.4 Å². The number of nitrogens with one attached hydrogen (secondary N) is 1. The summed E-state index contributed by atoms with van der Waals surface area (Å²) in [6.45, 7) is 12.0. The molecular formula is C23H34N4O3Si. The average molecular weight is 443 g/mol. The molecule has 168 valence electrons. The standard InChI is InChI=1S/C23H34N4O3Si/c1-6-11-23(12-7-10-20(28)26-23)22-25-19(18-9-8-13-24-21(18)29-2)16-27(22)17-30-14-15-31(3,4)5/h6,8-9,13,16H,1,7,10-12,14-15,17H2,2-5H3,(H,26,28)/t23-/m0/s1. The van der Waals surface area contributed by atoms with Crippen LogP contribution in [0.1, 0.15) is 31.5 Å². The molecule has 3 rings (SSSR count). The molecule has 1 fully saturated rings. The van der Waals surface area contributed by atoms with E-state index in [0.29, 0.717) is 32.1 Å². The lowest BCUT2D eigenvalue weighted by Gasteiger charge is -2.37. The SMILES string of the molecule is C=CC[C@@]1(c2nc(-c3cccnc3OC)cn2COCC[Si](C)(C)C)CCCC(=O)N1. The third kappa shape index (κ3) is 5.62. The number of rotatable bonds is 10. The Bertz CT molecular complexity index is 922. The van der Waals surface area contributed by atoms with Crippen LogP contribution in [-0.2, 0) is 21.8 Å². The zero-order valence-corrected chi connectivity index (χ0v) is 20.1. The van der Waals surface area contributed by atoms with Gasteiger partial charge in [-0.2, -0.15) is 0 Å². The number of methoxy groups -OCH3 is 1. The van der Waals surface area contributed by atoms with Crippen LogP contribution in [0.15, 0.2) is 37.2 Å². The maximum atomic E-state index is 12.3. The van der Waals surface area contributed by atoms with Crippen molar-refractivity contribution in [2.75, 3.05) is 13.7 Å². The Kier molecular flexibility index (Phi) is 7.33. The fraction of sp³-hybridized carbons (Fsp3) is 0.522. The van der Waals surface area contributed by atoms with E-state index in [2.05, 4.69) is 36.5 Å². The van der Waals surface area contributed by atoms with Crippen LogP contribution >= 0.6 is 0 Å². The first-order valence-corrected chi connectivity index (χ1v) is 14.6. The lowest BCUT2D eigenvalue weighted by molar-refractivity contribution is -0.125. The highest BCUT2D eigenvalue weighted by Crippen LogP contribution is 2.36. The van der Waals surface area contributed by atoms with Crippen LogP contribution in [0.5, 0.6) is 5.88 Å². The summed E-state index contributed by atoms with van der Waals surface area (Å²) in [4.78, 5) is 21.6. The summed E-state index contributed by atoms with van der Waals surface area (Å²) in [5.74, 6) is 1.35. The summed E-state index contributed by atoms with van der Waals surface area (Å²) in [5, 5.41) is 3.21. The Balaban J connectivity index is 1.99. The number of imidazole rings is 1. The van der Waals surface area contributed by atoms with Gasteiger partial charge in [0.25, 0.3) is 0 Å². The maximum absolute atomic E-state index is 12.3. The summed E-state index contributed by atoms with van der Waals surface area (Å²) in [6, 6.07) is 4.89. The van der Waals surface area contributed by atoms with Gasteiger partial charge in [0.1, 0.15) is 18.1 Å². The van der Waals surface area contributed by atoms with Crippen LogP contribution in [0.2, 0.25) is 25.7 Å². The number of nitrogens with zero attached hydrogens (tertiary/aromatic N) is 3. The summed E-state index contributed by atoms with van der Waals surface area (Å²) < 4.78 is 13.5. The second kappa shape index (κ2) is 9.78. The first-order valence-electron chi connectivity index (χ1n) is 10.8. The lowest BCUT2D eigenvalue weighted by atomic mass is 9.84. The van der Waals surface area contributed by atoms with E-state index < -0.39 is 13.6 Å². The van der Waals surface area contributed by atoms with Gasteiger partial charge < -0.3 is 19.4 Å². The molecule has 0 aromatic carbocycles. The fourth-order valence-corrected chi connectivity index (χ4v) is 4.67. The molecule has 1 aliphatic heterocycles. The van der Waals surface area contributed by atoms with Gasteiger partial charge in [-0.1, -0.05) is 25.7 Å². The van der Waals surface area contributed by atoms with Gasteiger partial charge in [-0.15, -0.1) is 6.58 Å². The Morgan fingerprint density at radius 1 is 1.39 bits per heavy atom. The molecule has 0 saturated carbocycles. The van der Waals surface area contributed by atoms with E-state index >= 15 is 0 Å². The molecule has 0 radical (unpaired) electrons. The van der Waals surface area contributed by atoms with Gasteiger partial charge in [0, 0.05) is 33.5 Å². The van der Waals surface area contributed by atoms with Gasteiger partial charge in [-0.25, -0.2) is 9.97 Å². The highest BCUT2D eigenvalue weighted by molar-refractivity contribution is 6.76. The Morgan fingerprint density at radius 3 is 2.87 bits per heavy atom. The molecule has 2 aromatic heterocycles. The molecule has 1 N–H and O–H groups in total. The predicted molar refractivity (Wildman–Crippen MR) is 125 cm³/mol. The predicted octanol–water partition coefficient (Wildman–Crippen LogP) is 4.34. The number of carbonyl (C=O) groups is 1. The summed E-state index contributed by atoms with van der Waals surface area (Å²) in [6.07, 6.45) is 8.27.